The van der Waals surface area contributed by atoms with Crippen molar-refractivity contribution in [3.8, 4) is 11.1 Å². The molecule has 0 aliphatic carbocycles. The Morgan fingerprint density at radius 2 is 1.66 bits per heavy atom. The fraction of sp³-hybridized carbons (Fsp3) is 0.0909. The maximum atomic E-state index is 12.7. The van der Waals surface area contributed by atoms with Gasteiger partial charge in [0.05, 0.1) is 5.56 Å². The number of aryl methyl sites for hydroxylation is 2. The number of amides is 1. The zero-order valence-electron chi connectivity index (χ0n) is 16.1. The summed E-state index contributed by atoms with van der Waals surface area (Å²) in [6.07, 6.45) is 3.16. The molecule has 148 valence electrons. The second kappa shape index (κ2) is 8.28. The van der Waals surface area contributed by atoms with Gasteiger partial charge in [0.2, 0.25) is 0 Å². The summed E-state index contributed by atoms with van der Waals surface area (Å²) in [6, 6.07) is 14.4. The molecule has 0 bridgehead atoms. The van der Waals surface area contributed by atoms with Crippen molar-refractivity contribution >= 4 is 27.3 Å². The fourth-order valence-corrected chi connectivity index (χ4v) is 3.40. The van der Waals surface area contributed by atoms with Crippen LogP contribution in [0.3, 0.4) is 0 Å². The van der Waals surface area contributed by atoms with Gasteiger partial charge in [-0.1, -0.05) is 36.9 Å². The van der Waals surface area contributed by atoms with E-state index in [9.17, 15) is 13.2 Å². The molecule has 0 aliphatic heterocycles. The van der Waals surface area contributed by atoms with Gasteiger partial charge in [-0.2, -0.15) is 0 Å². The van der Waals surface area contributed by atoms with E-state index in [0.717, 1.165) is 33.3 Å². The van der Waals surface area contributed by atoms with Gasteiger partial charge in [-0.25, -0.2) is 8.42 Å². The van der Waals surface area contributed by atoms with Crippen molar-refractivity contribution in [1.82, 2.24) is 4.98 Å². The molecule has 3 aromatic rings. The average molecular weight is 407 g/mol. The number of pyridine rings is 1. The molecule has 7 heteroatoms. The first-order valence-corrected chi connectivity index (χ1v) is 10.4. The summed E-state index contributed by atoms with van der Waals surface area (Å²) >= 11 is 0. The van der Waals surface area contributed by atoms with Crippen LogP contribution in [0, 0.1) is 13.8 Å². The van der Waals surface area contributed by atoms with Crippen LogP contribution in [0.5, 0.6) is 0 Å². The van der Waals surface area contributed by atoms with E-state index in [4.69, 9.17) is 0 Å². The Bertz CT molecular complexity index is 1150. The highest BCUT2D eigenvalue weighted by molar-refractivity contribution is 7.95. The van der Waals surface area contributed by atoms with E-state index in [0.29, 0.717) is 11.3 Å². The fourth-order valence-electron chi connectivity index (χ4n) is 2.86. The molecule has 1 aromatic heterocycles. The predicted octanol–water partition coefficient (Wildman–Crippen LogP) is 4.50. The van der Waals surface area contributed by atoms with Gasteiger partial charge < -0.3 is 5.32 Å². The zero-order valence-corrected chi connectivity index (χ0v) is 17.0. The lowest BCUT2D eigenvalue weighted by Gasteiger charge is -2.12. The second-order valence-electron chi connectivity index (χ2n) is 6.57. The standard InChI is InChI=1S/C22H21N3O3S/c1-4-29(27,28)25-20-10-8-17(9-11-20)18-12-19(14-23-13-18)22(26)24-21-15(2)6-5-7-16(21)3/h4-14,25H,1H2,2-3H3,(H,24,26). The predicted molar refractivity (Wildman–Crippen MR) is 116 cm³/mol. The third kappa shape index (κ3) is 4.89. The average Bonchev–Trinajstić information content (AvgIpc) is 2.71. The number of anilines is 2. The molecule has 0 fully saturated rings. The number of sulfonamides is 1. The molecule has 2 aromatic carbocycles. The van der Waals surface area contributed by atoms with Crippen LogP contribution in [-0.2, 0) is 10.0 Å². The first kappa shape index (κ1) is 20.3. The van der Waals surface area contributed by atoms with Crippen LogP contribution in [0.2, 0.25) is 0 Å². The van der Waals surface area contributed by atoms with E-state index in [-0.39, 0.29) is 5.91 Å². The summed E-state index contributed by atoms with van der Waals surface area (Å²) in [4.78, 5) is 16.9. The number of hydrogen-bond donors (Lipinski definition) is 2. The lowest BCUT2D eigenvalue weighted by atomic mass is 10.0. The third-order valence-electron chi connectivity index (χ3n) is 4.42. The highest BCUT2D eigenvalue weighted by Gasteiger charge is 2.12. The van der Waals surface area contributed by atoms with E-state index >= 15 is 0 Å². The van der Waals surface area contributed by atoms with Crippen molar-refractivity contribution in [3.63, 3.8) is 0 Å². The summed E-state index contributed by atoms with van der Waals surface area (Å²) in [7, 11) is -3.56. The van der Waals surface area contributed by atoms with Crippen molar-refractivity contribution in [2.45, 2.75) is 13.8 Å². The molecule has 0 saturated carbocycles. The van der Waals surface area contributed by atoms with E-state index in [1.165, 1.54) is 6.20 Å². The SMILES string of the molecule is C=CS(=O)(=O)Nc1ccc(-c2cncc(C(=O)Nc3c(C)cccc3C)c2)cc1. The van der Waals surface area contributed by atoms with Gasteiger partial charge in [0.15, 0.2) is 0 Å². The highest BCUT2D eigenvalue weighted by atomic mass is 32.2. The molecular formula is C22H21N3O3S. The lowest BCUT2D eigenvalue weighted by molar-refractivity contribution is 0.102. The highest BCUT2D eigenvalue weighted by Crippen LogP contribution is 2.24. The molecule has 0 unspecified atom stereocenters. The summed E-state index contributed by atoms with van der Waals surface area (Å²) in [5.41, 5.74) is 5.17. The molecule has 0 radical (unpaired) electrons. The molecule has 2 N–H and O–H groups in total. The van der Waals surface area contributed by atoms with Gasteiger partial charge in [-0.05, 0) is 48.7 Å². The summed E-state index contributed by atoms with van der Waals surface area (Å²) in [5, 5.41) is 3.80. The van der Waals surface area contributed by atoms with Crippen LogP contribution < -0.4 is 10.0 Å². The Morgan fingerprint density at radius 1 is 1.00 bits per heavy atom. The van der Waals surface area contributed by atoms with E-state index in [1.54, 1.807) is 36.5 Å². The number of carbonyl (C=O) groups excluding carboxylic acids is 1. The van der Waals surface area contributed by atoms with E-state index in [1.807, 2.05) is 32.0 Å². The smallest absolute Gasteiger partial charge is 0.257 e. The summed E-state index contributed by atoms with van der Waals surface area (Å²) in [5.74, 6) is -0.243. The van der Waals surface area contributed by atoms with Crippen LogP contribution in [0.1, 0.15) is 21.5 Å². The van der Waals surface area contributed by atoms with Gasteiger partial charge in [0.1, 0.15) is 0 Å². The molecule has 0 atom stereocenters. The van der Waals surface area contributed by atoms with Crippen molar-refractivity contribution < 1.29 is 13.2 Å². The van der Waals surface area contributed by atoms with Crippen LogP contribution in [-0.4, -0.2) is 19.3 Å². The quantitative estimate of drug-likeness (QED) is 0.630. The summed E-state index contributed by atoms with van der Waals surface area (Å²) in [6.45, 7) is 7.15. The molecule has 29 heavy (non-hydrogen) atoms. The molecule has 1 heterocycles. The Balaban J connectivity index is 1.82. The van der Waals surface area contributed by atoms with Crippen LogP contribution in [0.4, 0.5) is 11.4 Å². The maximum absolute atomic E-state index is 12.7. The van der Waals surface area contributed by atoms with Crippen molar-refractivity contribution in [1.29, 1.82) is 0 Å². The Hall–Kier alpha value is -3.45. The van der Waals surface area contributed by atoms with Crippen molar-refractivity contribution in [3.05, 3.63) is 89.6 Å². The molecule has 0 aliphatic rings. The number of aromatic nitrogens is 1. The van der Waals surface area contributed by atoms with Crippen LogP contribution in [0.25, 0.3) is 11.1 Å². The molecule has 6 nitrogen and oxygen atoms in total. The molecule has 3 rings (SSSR count). The number of hydrogen-bond acceptors (Lipinski definition) is 4. The van der Waals surface area contributed by atoms with Crippen molar-refractivity contribution in [2.24, 2.45) is 0 Å². The number of para-hydroxylation sites is 1. The number of carbonyl (C=O) groups is 1. The second-order valence-corrected chi connectivity index (χ2v) is 8.20. The Kier molecular flexibility index (Phi) is 5.79. The van der Waals surface area contributed by atoms with Gasteiger partial charge >= 0.3 is 0 Å². The largest absolute Gasteiger partial charge is 0.321 e. The molecule has 0 saturated heterocycles. The van der Waals surface area contributed by atoms with Gasteiger partial charge in [-0.3, -0.25) is 14.5 Å². The monoisotopic (exact) mass is 407 g/mol. The zero-order chi connectivity index (χ0) is 21.0. The summed E-state index contributed by atoms with van der Waals surface area (Å²) < 4.78 is 25.5. The normalized spacial score (nSPS) is 11.0. The minimum atomic E-state index is -3.56. The maximum Gasteiger partial charge on any atom is 0.257 e. The Morgan fingerprint density at radius 3 is 2.28 bits per heavy atom. The number of nitrogens with one attached hydrogen (secondary N) is 2. The van der Waals surface area contributed by atoms with Gasteiger partial charge in [0.25, 0.3) is 15.9 Å². The van der Waals surface area contributed by atoms with Gasteiger partial charge in [0, 0.05) is 34.7 Å². The third-order valence-corrected chi connectivity index (χ3v) is 5.38. The molecular weight excluding hydrogens is 386 g/mol. The number of rotatable bonds is 6. The van der Waals surface area contributed by atoms with Gasteiger partial charge in [-0.15, -0.1) is 0 Å². The minimum Gasteiger partial charge on any atom is -0.321 e. The van der Waals surface area contributed by atoms with Crippen LogP contribution >= 0.6 is 0 Å². The minimum absolute atomic E-state index is 0.243. The molecule has 0 spiro atoms. The Labute approximate surface area is 170 Å². The molecule has 1 amide bonds. The van der Waals surface area contributed by atoms with E-state index < -0.39 is 10.0 Å². The van der Waals surface area contributed by atoms with Crippen molar-refractivity contribution in [2.75, 3.05) is 10.0 Å². The van der Waals surface area contributed by atoms with E-state index in [2.05, 4.69) is 21.6 Å². The topological polar surface area (TPSA) is 88.2 Å². The number of nitrogens with zero attached hydrogens (tertiary/aromatic N) is 1. The van der Waals surface area contributed by atoms with Crippen LogP contribution in [0.15, 0.2) is 72.9 Å². The first-order valence-electron chi connectivity index (χ1n) is 8.87. The first-order chi connectivity index (χ1) is 13.8. The number of benzene rings is 2. The lowest BCUT2D eigenvalue weighted by Crippen LogP contribution is -2.14.